The largest absolute Gasteiger partial charge is 0.444 e. The number of piperidine rings is 1. The van der Waals surface area contributed by atoms with Gasteiger partial charge in [0.15, 0.2) is 0 Å². The van der Waals surface area contributed by atoms with E-state index in [9.17, 15) is 4.79 Å². The van der Waals surface area contributed by atoms with Crippen LogP contribution in [0.4, 0.5) is 16.6 Å². The molecule has 1 amide bonds. The topological polar surface area (TPSA) is 79.4 Å². The first-order valence-corrected chi connectivity index (χ1v) is 8.59. The summed E-state index contributed by atoms with van der Waals surface area (Å²) in [5.41, 5.74) is -0.468. The average Bonchev–Trinajstić information content (AvgIpc) is 2.51. The zero-order valence-corrected chi connectivity index (χ0v) is 15.5. The summed E-state index contributed by atoms with van der Waals surface area (Å²) in [7, 11) is 1.77. The van der Waals surface area contributed by atoms with E-state index in [0.717, 1.165) is 31.7 Å². The summed E-state index contributed by atoms with van der Waals surface area (Å²) in [5, 5.41) is 6.20. The van der Waals surface area contributed by atoms with Crippen LogP contribution in [0.25, 0.3) is 0 Å². The van der Waals surface area contributed by atoms with Crippen LogP contribution in [0, 0.1) is 5.92 Å². The van der Waals surface area contributed by atoms with Crippen molar-refractivity contribution < 1.29 is 9.53 Å². The molecule has 7 nitrogen and oxygen atoms in total. The summed E-state index contributed by atoms with van der Waals surface area (Å²) in [4.78, 5) is 22.4. The number of rotatable bonds is 4. The Labute approximate surface area is 148 Å². The number of nitrogens with zero attached hydrogens (tertiary/aromatic N) is 3. The van der Waals surface area contributed by atoms with Crippen molar-refractivity contribution in [3.05, 3.63) is 11.2 Å². The average molecular weight is 356 g/mol. The van der Waals surface area contributed by atoms with Crippen molar-refractivity contribution in [2.45, 2.75) is 39.2 Å². The number of carbonyl (C=O) groups excluding carboxylic acids is 1. The maximum atomic E-state index is 11.7. The SMILES string of the molecule is CNc1nc(Cl)cc(N2CCC(CNC(=O)OC(C)(C)C)CC2)n1. The second-order valence-corrected chi connectivity index (χ2v) is 7.32. The lowest BCUT2D eigenvalue weighted by Gasteiger charge is -2.33. The number of hydrogen-bond acceptors (Lipinski definition) is 6. The van der Waals surface area contributed by atoms with Crippen molar-refractivity contribution in [3.8, 4) is 0 Å². The van der Waals surface area contributed by atoms with Gasteiger partial charge in [0.05, 0.1) is 0 Å². The highest BCUT2D eigenvalue weighted by Crippen LogP contribution is 2.24. The van der Waals surface area contributed by atoms with Gasteiger partial charge in [-0.3, -0.25) is 0 Å². The minimum atomic E-state index is -0.468. The zero-order valence-electron chi connectivity index (χ0n) is 14.7. The number of nitrogens with one attached hydrogen (secondary N) is 2. The van der Waals surface area contributed by atoms with Crippen LogP contribution in [0.5, 0.6) is 0 Å². The smallest absolute Gasteiger partial charge is 0.407 e. The molecule has 0 radical (unpaired) electrons. The Balaban J connectivity index is 1.81. The van der Waals surface area contributed by atoms with Crippen LogP contribution in [0.15, 0.2) is 6.07 Å². The fraction of sp³-hybridized carbons (Fsp3) is 0.688. The van der Waals surface area contributed by atoms with Crippen LogP contribution in [-0.2, 0) is 4.74 Å². The van der Waals surface area contributed by atoms with E-state index in [0.29, 0.717) is 23.6 Å². The van der Waals surface area contributed by atoms with Gasteiger partial charge in [0.25, 0.3) is 0 Å². The predicted octanol–water partition coefficient (Wildman–Crippen LogP) is 2.91. The van der Waals surface area contributed by atoms with Gasteiger partial charge in [0.2, 0.25) is 5.95 Å². The molecule has 24 heavy (non-hydrogen) atoms. The van der Waals surface area contributed by atoms with Gasteiger partial charge >= 0.3 is 6.09 Å². The minimum Gasteiger partial charge on any atom is -0.444 e. The van der Waals surface area contributed by atoms with Gasteiger partial charge in [-0.05, 0) is 39.5 Å². The summed E-state index contributed by atoms with van der Waals surface area (Å²) < 4.78 is 5.26. The highest BCUT2D eigenvalue weighted by atomic mass is 35.5. The van der Waals surface area contributed by atoms with Gasteiger partial charge in [-0.25, -0.2) is 9.78 Å². The zero-order chi connectivity index (χ0) is 17.7. The second-order valence-electron chi connectivity index (χ2n) is 6.94. The molecule has 1 saturated heterocycles. The summed E-state index contributed by atoms with van der Waals surface area (Å²) in [6.45, 7) is 7.95. The van der Waals surface area contributed by atoms with E-state index < -0.39 is 5.60 Å². The maximum Gasteiger partial charge on any atom is 0.407 e. The van der Waals surface area contributed by atoms with E-state index >= 15 is 0 Å². The summed E-state index contributed by atoms with van der Waals surface area (Å²) in [6, 6.07) is 1.78. The highest BCUT2D eigenvalue weighted by molar-refractivity contribution is 6.29. The van der Waals surface area contributed by atoms with E-state index in [1.165, 1.54) is 0 Å². The predicted molar refractivity (Wildman–Crippen MR) is 95.8 cm³/mol. The van der Waals surface area contributed by atoms with Crippen LogP contribution in [0.1, 0.15) is 33.6 Å². The maximum absolute atomic E-state index is 11.7. The van der Waals surface area contributed by atoms with Crippen molar-refractivity contribution in [1.29, 1.82) is 0 Å². The Kier molecular flexibility index (Phi) is 6.10. The van der Waals surface area contributed by atoms with E-state index in [-0.39, 0.29) is 6.09 Å². The van der Waals surface area contributed by atoms with Crippen molar-refractivity contribution >= 4 is 29.5 Å². The first kappa shape index (κ1) is 18.6. The van der Waals surface area contributed by atoms with Crippen LogP contribution >= 0.6 is 11.6 Å². The van der Waals surface area contributed by atoms with E-state index in [4.69, 9.17) is 16.3 Å². The summed E-state index contributed by atoms with van der Waals surface area (Å²) in [5.74, 6) is 1.79. The molecule has 1 aromatic heterocycles. The lowest BCUT2D eigenvalue weighted by Crippen LogP contribution is -2.40. The van der Waals surface area contributed by atoms with Crippen LogP contribution in [0.3, 0.4) is 0 Å². The second kappa shape index (κ2) is 7.88. The molecule has 0 saturated carbocycles. The molecule has 1 aromatic rings. The molecule has 2 heterocycles. The highest BCUT2D eigenvalue weighted by Gasteiger charge is 2.22. The lowest BCUT2D eigenvalue weighted by atomic mass is 9.97. The third-order valence-electron chi connectivity index (χ3n) is 3.78. The van der Waals surface area contributed by atoms with Gasteiger partial charge < -0.3 is 20.3 Å². The molecular formula is C16H26ClN5O2. The number of carbonyl (C=O) groups is 1. The standard InChI is InChI=1S/C16H26ClN5O2/c1-16(2,3)24-15(23)19-10-11-5-7-22(8-6-11)13-9-12(17)20-14(18-4)21-13/h9,11H,5-8,10H2,1-4H3,(H,19,23)(H,18,20,21). The van der Waals surface area contributed by atoms with Gasteiger partial charge in [-0.1, -0.05) is 11.6 Å². The minimum absolute atomic E-state index is 0.355. The van der Waals surface area contributed by atoms with Gasteiger partial charge in [0.1, 0.15) is 16.6 Å². The van der Waals surface area contributed by atoms with Crippen molar-refractivity contribution in [3.63, 3.8) is 0 Å². The van der Waals surface area contributed by atoms with Gasteiger partial charge in [-0.2, -0.15) is 4.98 Å². The van der Waals surface area contributed by atoms with E-state index in [1.807, 2.05) is 20.8 Å². The third-order valence-corrected chi connectivity index (χ3v) is 3.97. The number of aromatic nitrogens is 2. The van der Waals surface area contributed by atoms with Crippen molar-refractivity contribution in [2.24, 2.45) is 5.92 Å². The first-order chi connectivity index (χ1) is 11.3. The first-order valence-electron chi connectivity index (χ1n) is 8.21. The Morgan fingerprint density at radius 3 is 2.62 bits per heavy atom. The molecule has 2 rings (SSSR count). The molecule has 1 aliphatic rings. The molecule has 0 bridgehead atoms. The van der Waals surface area contributed by atoms with Crippen molar-refractivity contribution in [2.75, 3.05) is 36.9 Å². The van der Waals surface area contributed by atoms with Crippen LogP contribution in [0.2, 0.25) is 5.15 Å². The molecule has 0 aromatic carbocycles. The molecule has 0 atom stereocenters. The number of amides is 1. The van der Waals surface area contributed by atoms with Crippen LogP contribution < -0.4 is 15.5 Å². The monoisotopic (exact) mass is 355 g/mol. The number of anilines is 2. The Bertz CT molecular complexity index is 568. The molecule has 0 unspecified atom stereocenters. The molecule has 2 N–H and O–H groups in total. The molecular weight excluding hydrogens is 330 g/mol. The molecule has 1 fully saturated rings. The Morgan fingerprint density at radius 1 is 1.38 bits per heavy atom. The van der Waals surface area contributed by atoms with Gasteiger partial charge in [0, 0.05) is 32.7 Å². The van der Waals surface area contributed by atoms with Crippen molar-refractivity contribution in [1.82, 2.24) is 15.3 Å². The molecule has 134 valence electrons. The van der Waals surface area contributed by atoms with E-state index in [1.54, 1.807) is 13.1 Å². The number of alkyl carbamates (subject to hydrolysis) is 1. The fourth-order valence-corrected chi connectivity index (χ4v) is 2.77. The normalized spacial score (nSPS) is 16.0. The van der Waals surface area contributed by atoms with E-state index in [2.05, 4.69) is 25.5 Å². The molecule has 0 aliphatic carbocycles. The molecule has 1 aliphatic heterocycles. The lowest BCUT2D eigenvalue weighted by molar-refractivity contribution is 0.0517. The quantitative estimate of drug-likeness (QED) is 0.808. The number of halogens is 1. The molecule has 8 heteroatoms. The Hall–Kier alpha value is -1.76. The number of ether oxygens (including phenoxy) is 1. The van der Waals surface area contributed by atoms with Gasteiger partial charge in [-0.15, -0.1) is 0 Å². The molecule has 0 spiro atoms. The summed E-state index contributed by atoms with van der Waals surface area (Å²) in [6.07, 6.45) is 1.60. The van der Waals surface area contributed by atoms with Crippen LogP contribution in [-0.4, -0.2) is 48.3 Å². The number of hydrogen-bond donors (Lipinski definition) is 2. The summed E-state index contributed by atoms with van der Waals surface area (Å²) >= 11 is 6.03. The third kappa shape index (κ3) is 5.70. The Morgan fingerprint density at radius 2 is 2.04 bits per heavy atom. The fourth-order valence-electron chi connectivity index (χ4n) is 2.59.